The monoisotopic (exact) mass is 355 g/mol. The van der Waals surface area contributed by atoms with Gasteiger partial charge < -0.3 is 10.1 Å². The average Bonchev–Trinajstić information content (AvgIpc) is 3.19. The van der Waals surface area contributed by atoms with Gasteiger partial charge in [0.05, 0.1) is 18.1 Å². The Morgan fingerprint density at radius 1 is 1.28 bits per heavy atom. The van der Waals surface area contributed by atoms with E-state index in [0.29, 0.717) is 13.0 Å². The van der Waals surface area contributed by atoms with Crippen LogP contribution in [0.15, 0.2) is 52.4 Å². The van der Waals surface area contributed by atoms with Gasteiger partial charge in [0.15, 0.2) is 0 Å². The number of hydrogen-bond acceptors (Lipinski definition) is 5. The van der Waals surface area contributed by atoms with Crippen LogP contribution in [0.25, 0.3) is 5.57 Å². The van der Waals surface area contributed by atoms with Crippen molar-refractivity contribution in [3.05, 3.63) is 64.3 Å². The van der Waals surface area contributed by atoms with Gasteiger partial charge in [0.2, 0.25) is 0 Å². The molecule has 1 fully saturated rings. The molecule has 0 unspecified atom stereocenters. The summed E-state index contributed by atoms with van der Waals surface area (Å²) in [5.41, 5.74) is 2.63. The Labute approximate surface area is 150 Å². The number of likely N-dealkylation sites (tertiary alicyclic amines) is 1. The number of allylic oxidation sites excluding steroid dienone is 1. The van der Waals surface area contributed by atoms with Gasteiger partial charge in [-0.25, -0.2) is 4.98 Å². The number of aliphatic hydroxyl groups excluding tert-OH is 1. The summed E-state index contributed by atoms with van der Waals surface area (Å²) in [6.45, 7) is 2.29. The lowest BCUT2D eigenvalue weighted by Gasteiger charge is -2.16. The fourth-order valence-corrected chi connectivity index (χ4v) is 4.63. The molecule has 25 heavy (non-hydrogen) atoms. The van der Waals surface area contributed by atoms with Crippen LogP contribution in [0.4, 0.5) is 0 Å². The molecular weight excluding hydrogens is 334 g/mol. The SMILES string of the molecule is O=c1[nH]cnc2c1CC=C2CN1C[C@H](CSc2ccccc2)[C@@H](O)C1. The number of nitrogens with one attached hydrogen (secondary N) is 1. The molecule has 2 aromatic rings. The summed E-state index contributed by atoms with van der Waals surface area (Å²) in [7, 11) is 0. The normalized spacial score (nSPS) is 22.8. The first-order chi connectivity index (χ1) is 12.2. The Hall–Kier alpha value is -1.89. The molecule has 4 rings (SSSR count). The van der Waals surface area contributed by atoms with Gasteiger partial charge in [-0.3, -0.25) is 9.69 Å². The largest absolute Gasteiger partial charge is 0.391 e. The molecular formula is C19H21N3O2S. The zero-order chi connectivity index (χ0) is 17.2. The second kappa shape index (κ2) is 7.15. The quantitative estimate of drug-likeness (QED) is 0.801. The fraction of sp³-hybridized carbons (Fsp3) is 0.368. The van der Waals surface area contributed by atoms with Gasteiger partial charge in [-0.15, -0.1) is 11.8 Å². The number of β-amino-alcohol motifs (C(OH)–C–C–N with tert-alkyl or cyclic N) is 1. The molecule has 5 nitrogen and oxygen atoms in total. The third kappa shape index (κ3) is 3.56. The van der Waals surface area contributed by atoms with Crippen LogP contribution in [-0.2, 0) is 6.42 Å². The maximum Gasteiger partial charge on any atom is 0.254 e. The van der Waals surface area contributed by atoms with Crippen LogP contribution in [0.3, 0.4) is 0 Å². The van der Waals surface area contributed by atoms with E-state index in [1.54, 1.807) is 11.8 Å². The maximum absolute atomic E-state index is 11.8. The number of H-pyrrole nitrogens is 1. The first kappa shape index (κ1) is 16.6. The molecule has 130 valence electrons. The predicted octanol–water partition coefficient (Wildman–Crippen LogP) is 1.79. The lowest BCUT2D eigenvalue weighted by molar-refractivity contribution is 0.151. The van der Waals surface area contributed by atoms with E-state index < -0.39 is 0 Å². The van der Waals surface area contributed by atoms with Crippen LogP contribution in [0, 0.1) is 5.92 Å². The topological polar surface area (TPSA) is 69.2 Å². The summed E-state index contributed by atoms with van der Waals surface area (Å²) in [5, 5.41) is 10.4. The van der Waals surface area contributed by atoms with Crippen LogP contribution < -0.4 is 5.56 Å². The number of aromatic amines is 1. The van der Waals surface area contributed by atoms with Crippen molar-refractivity contribution in [2.75, 3.05) is 25.4 Å². The number of nitrogens with zero attached hydrogens (tertiary/aromatic N) is 2. The molecule has 0 radical (unpaired) electrons. The Balaban J connectivity index is 1.36. The van der Waals surface area contributed by atoms with Crippen molar-refractivity contribution in [2.24, 2.45) is 5.92 Å². The Bertz CT molecular complexity index is 834. The summed E-state index contributed by atoms with van der Waals surface area (Å²) in [6, 6.07) is 10.3. The lowest BCUT2D eigenvalue weighted by Crippen LogP contribution is -2.24. The van der Waals surface area contributed by atoms with E-state index in [1.807, 2.05) is 18.2 Å². The second-order valence-electron chi connectivity index (χ2n) is 6.64. The number of benzene rings is 1. The molecule has 1 saturated heterocycles. The molecule has 2 atom stereocenters. The highest BCUT2D eigenvalue weighted by Gasteiger charge is 2.32. The van der Waals surface area contributed by atoms with E-state index in [9.17, 15) is 9.90 Å². The zero-order valence-corrected chi connectivity index (χ0v) is 14.7. The van der Waals surface area contributed by atoms with E-state index >= 15 is 0 Å². The van der Waals surface area contributed by atoms with Gasteiger partial charge in [0, 0.05) is 41.8 Å². The van der Waals surface area contributed by atoms with Crippen molar-refractivity contribution in [1.29, 1.82) is 0 Å². The fourth-order valence-electron chi connectivity index (χ4n) is 3.55. The number of hydrogen-bond donors (Lipinski definition) is 2. The molecule has 2 heterocycles. The van der Waals surface area contributed by atoms with Crippen molar-refractivity contribution >= 4 is 17.3 Å². The maximum atomic E-state index is 11.8. The first-order valence-corrected chi connectivity index (χ1v) is 9.53. The molecule has 1 aliphatic heterocycles. The molecule has 6 heteroatoms. The number of aromatic nitrogens is 2. The van der Waals surface area contributed by atoms with E-state index in [-0.39, 0.29) is 17.6 Å². The summed E-state index contributed by atoms with van der Waals surface area (Å²) in [4.78, 5) is 22.3. The van der Waals surface area contributed by atoms with Gasteiger partial charge in [0.1, 0.15) is 0 Å². The molecule has 1 aromatic carbocycles. The molecule has 1 aliphatic carbocycles. The van der Waals surface area contributed by atoms with Gasteiger partial charge in [0.25, 0.3) is 5.56 Å². The van der Waals surface area contributed by atoms with Crippen molar-refractivity contribution < 1.29 is 5.11 Å². The van der Waals surface area contributed by atoms with Gasteiger partial charge in [-0.1, -0.05) is 24.3 Å². The Morgan fingerprint density at radius 3 is 2.96 bits per heavy atom. The van der Waals surface area contributed by atoms with Crippen LogP contribution in [0.5, 0.6) is 0 Å². The summed E-state index contributed by atoms with van der Waals surface area (Å²) < 4.78 is 0. The van der Waals surface area contributed by atoms with Crippen molar-refractivity contribution in [2.45, 2.75) is 17.4 Å². The minimum Gasteiger partial charge on any atom is -0.391 e. The van der Waals surface area contributed by atoms with E-state index in [2.05, 4.69) is 33.1 Å². The smallest absolute Gasteiger partial charge is 0.254 e. The average molecular weight is 355 g/mol. The number of fused-ring (bicyclic) bond motifs is 1. The van der Waals surface area contributed by atoms with Crippen LogP contribution >= 0.6 is 11.8 Å². The van der Waals surface area contributed by atoms with E-state index in [1.165, 1.54) is 11.2 Å². The lowest BCUT2D eigenvalue weighted by atomic mass is 10.1. The van der Waals surface area contributed by atoms with Crippen molar-refractivity contribution in [1.82, 2.24) is 14.9 Å². The first-order valence-electron chi connectivity index (χ1n) is 8.55. The van der Waals surface area contributed by atoms with Gasteiger partial charge in [-0.2, -0.15) is 0 Å². The molecule has 1 aromatic heterocycles. The van der Waals surface area contributed by atoms with Crippen LogP contribution in [0.1, 0.15) is 11.3 Å². The highest BCUT2D eigenvalue weighted by molar-refractivity contribution is 7.99. The molecule has 0 saturated carbocycles. The van der Waals surface area contributed by atoms with Crippen molar-refractivity contribution in [3.63, 3.8) is 0 Å². The highest BCUT2D eigenvalue weighted by atomic mass is 32.2. The molecule has 0 bridgehead atoms. The number of thioether (sulfide) groups is 1. The summed E-state index contributed by atoms with van der Waals surface area (Å²) in [6.07, 6.45) is 3.91. The second-order valence-corrected chi connectivity index (χ2v) is 7.73. The van der Waals surface area contributed by atoms with Crippen LogP contribution in [0.2, 0.25) is 0 Å². The third-order valence-electron chi connectivity index (χ3n) is 4.89. The number of aliphatic hydroxyl groups is 1. The number of rotatable bonds is 5. The predicted molar refractivity (Wildman–Crippen MR) is 99.6 cm³/mol. The minimum absolute atomic E-state index is 0.0464. The van der Waals surface area contributed by atoms with E-state index in [4.69, 9.17) is 0 Å². The summed E-state index contributed by atoms with van der Waals surface area (Å²) in [5.74, 6) is 1.17. The molecule has 2 N–H and O–H groups in total. The Kier molecular flexibility index (Phi) is 4.74. The molecule has 2 aliphatic rings. The zero-order valence-electron chi connectivity index (χ0n) is 13.9. The highest BCUT2D eigenvalue weighted by Crippen LogP contribution is 2.29. The van der Waals surface area contributed by atoms with Crippen LogP contribution in [-0.4, -0.2) is 51.5 Å². The van der Waals surface area contributed by atoms with Gasteiger partial charge >= 0.3 is 0 Å². The summed E-state index contributed by atoms with van der Waals surface area (Å²) >= 11 is 1.80. The standard InChI is InChI=1S/C19H21N3O2S/c23-17-10-22(9-14(17)11-25-15-4-2-1-3-5-15)8-13-6-7-16-18(13)20-12-21-19(16)24/h1-6,12,14,17,23H,7-11H2,(H,20,21,24)/t14-,17+/m1/s1. The van der Waals surface area contributed by atoms with Crippen molar-refractivity contribution in [3.8, 4) is 0 Å². The molecule has 0 amide bonds. The third-order valence-corrected chi connectivity index (χ3v) is 6.09. The van der Waals surface area contributed by atoms with Gasteiger partial charge in [-0.05, 0) is 24.1 Å². The Morgan fingerprint density at radius 2 is 2.12 bits per heavy atom. The molecule has 0 spiro atoms. The minimum atomic E-state index is -0.301. The van der Waals surface area contributed by atoms with E-state index in [0.717, 1.165) is 35.7 Å².